The van der Waals surface area contributed by atoms with E-state index in [0.717, 1.165) is 6.20 Å². The summed E-state index contributed by atoms with van der Waals surface area (Å²) in [5.74, 6) is -2.58. The normalized spacial score (nSPS) is 12.8. The van der Waals surface area contributed by atoms with Gasteiger partial charge in [-0.25, -0.2) is 0 Å². The fourth-order valence-electron chi connectivity index (χ4n) is 2.57. The van der Waals surface area contributed by atoms with Crippen LogP contribution in [0.25, 0.3) is 0 Å². The summed E-state index contributed by atoms with van der Waals surface area (Å²) >= 11 is 0. The van der Waals surface area contributed by atoms with Gasteiger partial charge in [-0.3, -0.25) is 14.5 Å². The van der Waals surface area contributed by atoms with Crippen molar-refractivity contribution in [3.63, 3.8) is 0 Å². The highest BCUT2D eigenvalue weighted by Gasteiger charge is 2.36. The molecule has 0 aliphatic carbocycles. The van der Waals surface area contributed by atoms with Crippen molar-refractivity contribution in [1.29, 1.82) is 0 Å². The largest absolute Gasteiger partial charge is 0.454 e. The van der Waals surface area contributed by atoms with E-state index in [1.807, 2.05) is 12.1 Å². The maximum atomic E-state index is 13.3. The number of hydrogen-bond donors (Lipinski definition) is 1. The van der Waals surface area contributed by atoms with Crippen molar-refractivity contribution in [2.75, 3.05) is 4.90 Å². The van der Waals surface area contributed by atoms with Crippen molar-refractivity contribution in [1.82, 2.24) is 5.32 Å². The zero-order chi connectivity index (χ0) is 20.7. The van der Waals surface area contributed by atoms with Crippen LogP contribution in [0.3, 0.4) is 0 Å². The zero-order valence-electron chi connectivity index (χ0n) is 15.5. The molecule has 0 saturated heterocycles. The van der Waals surface area contributed by atoms with E-state index in [1.165, 1.54) is 4.90 Å². The molecule has 1 amide bonds. The molecule has 0 fully saturated rings. The highest BCUT2D eigenvalue weighted by Crippen LogP contribution is 2.27. The molecular weight excluding hydrogens is 369 g/mol. The number of alkyl halides is 3. The van der Waals surface area contributed by atoms with Gasteiger partial charge in [-0.2, -0.15) is 13.2 Å². The third-order valence-electron chi connectivity index (χ3n) is 3.97. The highest BCUT2D eigenvalue weighted by atomic mass is 19.4. The van der Waals surface area contributed by atoms with Crippen LogP contribution in [-0.2, 0) is 9.59 Å². The minimum Gasteiger partial charge on any atom is -0.379 e. The number of ketones is 1. The second kappa shape index (κ2) is 9.21. The molecule has 0 saturated carbocycles. The molecule has 2 rings (SSSR count). The van der Waals surface area contributed by atoms with Gasteiger partial charge in [-0.05, 0) is 30.2 Å². The number of anilines is 2. The number of carbonyl (C=O) groups is 2. The van der Waals surface area contributed by atoms with Gasteiger partial charge < -0.3 is 5.32 Å². The first-order chi connectivity index (χ1) is 13.2. The molecule has 1 unspecified atom stereocenters. The van der Waals surface area contributed by atoms with Gasteiger partial charge in [0.1, 0.15) is 6.04 Å². The lowest BCUT2D eigenvalue weighted by Gasteiger charge is -2.29. The van der Waals surface area contributed by atoms with Crippen LogP contribution >= 0.6 is 0 Å². The Hall–Kier alpha value is -3.09. The third kappa shape index (κ3) is 5.45. The van der Waals surface area contributed by atoms with Crippen molar-refractivity contribution in [2.45, 2.75) is 26.1 Å². The number of nitrogens with one attached hydrogen (secondary N) is 1. The Balaban J connectivity index is 2.32. The lowest BCUT2D eigenvalue weighted by Crippen LogP contribution is -2.46. The Morgan fingerprint density at radius 2 is 1.39 bits per heavy atom. The first-order valence-electron chi connectivity index (χ1n) is 8.69. The SMILES string of the molecule is CC(C)C(N/C=C/C(=O)C(F)(F)F)C(=O)N(c1ccccc1)c1ccccc1. The second-order valence-corrected chi connectivity index (χ2v) is 6.43. The second-order valence-electron chi connectivity index (χ2n) is 6.43. The molecule has 0 radical (unpaired) electrons. The van der Waals surface area contributed by atoms with Gasteiger partial charge in [0.05, 0.1) is 0 Å². The quantitative estimate of drug-likeness (QED) is 0.703. The van der Waals surface area contributed by atoms with E-state index in [2.05, 4.69) is 5.32 Å². The number of amides is 1. The average Bonchev–Trinajstić information content (AvgIpc) is 2.65. The van der Waals surface area contributed by atoms with Crippen molar-refractivity contribution in [3.8, 4) is 0 Å². The van der Waals surface area contributed by atoms with E-state index in [1.54, 1.807) is 62.4 Å². The number of nitrogens with zero attached hydrogens (tertiary/aromatic N) is 1. The van der Waals surface area contributed by atoms with Crippen LogP contribution in [0.15, 0.2) is 72.9 Å². The number of rotatable bonds is 7. The van der Waals surface area contributed by atoms with Crippen LogP contribution in [0.1, 0.15) is 13.8 Å². The summed E-state index contributed by atoms with van der Waals surface area (Å²) in [6, 6.07) is 17.0. The standard InChI is InChI=1S/C21H21F3N2O2/c1-15(2)19(25-14-13-18(27)21(22,23)24)20(28)26(16-9-5-3-6-10-16)17-11-7-4-8-12-17/h3-15,19,25H,1-2H3/b14-13+. The van der Waals surface area contributed by atoms with Gasteiger partial charge in [-0.15, -0.1) is 0 Å². The summed E-state index contributed by atoms with van der Waals surface area (Å²) in [6.07, 6.45) is -3.68. The van der Waals surface area contributed by atoms with Gasteiger partial charge in [0, 0.05) is 23.7 Å². The number of para-hydroxylation sites is 2. The molecule has 1 atom stereocenters. The maximum absolute atomic E-state index is 13.3. The molecule has 0 aliphatic heterocycles. The Kier molecular flexibility index (Phi) is 6.98. The number of benzene rings is 2. The van der Waals surface area contributed by atoms with E-state index in [0.29, 0.717) is 17.5 Å². The van der Waals surface area contributed by atoms with Gasteiger partial charge in [0.2, 0.25) is 0 Å². The molecule has 0 spiro atoms. The molecule has 2 aromatic carbocycles. The van der Waals surface area contributed by atoms with Crippen LogP contribution in [0.2, 0.25) is 0 Å². The molecule has 7 heteroatoms. The molecule has 2 aromatic rings. The number of hydrogen-bond acceptors (Lipinski definition) is 3. The third-order valence-corrected chi connectivity index (χ3v) is 3.97. The lowest BCUT2D eigenvalue weighted by atomic mass is 10.0. The van der Waals surface area contributed by atoms with Gasteiger partial charge in [0.25, 0.3) is 11.7 Å². The number of allylic oxidation sites excluding steroid dienone is 1. The van der Waals surface area contributed by atoms with Crippen molar-refractivity contribution in [2.24, 2.45) is 5.92 Å². The molecule has 0 aromatic heterocycles. The van der Waals surface area contributed by atoms with Gasteiger partial charge >= 0.3 is 6.18 Å². The maximum Gasteiger partial charge on any atom is 0.454 e. The summed E-state index contributed by atoms with van der Waals surface area (Å²) in [5.41, 5.74) is 1.25. The summed E-state index contributed by atoms with van der Waals surface area (Å²) in [7, 11) is 0. The van der Waals surface area contributed by atoms with E-state index in [4.69, 9.17) is 0 Å². The van der Waals surface area contributed by atoms with Crippen LogP contribution in [-0.4, -0.2) is 23.9 Å². The smallest absolute Gasteiger partial charge is 0.379 e. The Labute approximate surface area is 161 Å². The average molecular weight is 390 g/mol. The van der Waals surface area contributed by atoms with Crippen LogP contribution < -0.4 is 10.2 Å². The number of halogens is 3. The Morgan fingerprint density at radius 1 is 0.929 bits per heavy atom. The molecule has 0 aliphatic rings. The van der Waals surface area contributed by atoms with E-state index in [9.17, 15) is 22.8 Å². The highest BCUT2D eigenvalue weighted by molar-refractivity contribution is 6.03. The van der Waals surface area contributed by atoms with Crippen LogP contribution in [0.5, 0.6) is 0 Å². The molecule has 28 heavy (non-hydrogen) atoms. The van der Waals surface area contributed by atoms with Crippen LogP contribution in [0, 0.1) is 5.92 Å². The van der Waals surface area contributed by atoms with E-state index in [-0.39, 0.29) is 11.8 Å². The molecule has 148 valence electrons. The van der Waals surface area contributed by atoms with Crippen LogP contribution in [0.4, 0.5) is 24.5 Å². The molecule has 1 N–H and O–H groups in total. The van der Waals surface area contributed by atoms with E-state index < -0.39 is 18.0 Å². The first-order valence-corrected chi connectivity index (χ1v) is 8.69. The summed E-state index contributed by atoms with van der Waals surface area (Å²) < 4.78 is 37.1. The number of carbonyl (C=O) groups excluding carboxylic acids is 2. The lowest BCUT2D eigenvalue weighted by molar-refractivity contribution is -0.165. The van der Waals surface area contributed by atoms with Crippen molar-refractivity contribution >= 4 is 23.1 Å². The molecule has 0 heterocycles. The molecule has 0 bridgehead atoms. The fraction of sp³-hybridized carbons (Fsp3) is 0.238. The van der Waals surface area contributed by atoms with Crippen molar-refractivity contribution < 1.29 is 22.8 Å². The van der Waals surface area contributed by atoms with E-state index >= 15 is 0 Å². The summed E-state index contributed by atoms with van der Waals surface area (Å²) in [5, 5.41) is 2.65. The summed E-state index contributed by atoms with van der Waals surface area (Å²) in [6.45, 7) is 3.53. The van der Waals surface area contributed by atoms with Crippen molar-refractivity contribution in [3.05, 3.63) is 72.9 Å². The molecule has 4 nitrogen and oxygen atoms in total. The molecular formula is C21H21F3N2O2. The predicted molar refractivity (Wildman–Crippen MR) is 102 cm³/mol. The minimum atomic E-state index is -4.95. The van der Waals surface area contributed by atoms with Gasteiger partial charge in [0.15, 0.2) is 0 Å². The monoisotopic (exact) mass is 390 g/mol. The van der Waals surface area contributed by atoms with Gasteiger partial charge in [-0.1, -0.05) is 50.2 Å². The minimum absolute atomic E-state index is 0.243. The Bertz CT molecular complexity index is 779. The fourth-order valence-corrected chi connectivity index (χ4v) is 2.57. The predicted octanol–water partition coefficient (Wildman–Crippen LogP) is 4.61. The zero-order valence-corrected chi connectivity index (χ0v) is 15.5. The topological polar surface area (TPSA) is 49.4 Å². The first kappa shape index (κ1) is 21.2. The summed E-state index contributed by atoms with van der Waals surface area (Å²) in [4.78, 5) is 25.8. The Morgan fingerprint density at radius 3 is 1.79 bits per heavy atom.